The molecular weight excluding hydrogens is 356 g/mol. The van der Waals surface area contributed by atoms with Crippen LogP contribution in [-0.2, 0) is 4.74 Å². The molecule has 0 radical (unpaired) electrons. The van der Waals surface area contributed by atoms with Crippen LogP contribution in [0.15, 0.2) is 64.0 Å². The summed E-state index contributed by atoms with van der Waals surface area (Å²) in [5.74, 6) is -1.33. The molecule has 1 heterocycles. The molecule has 26 heavy (non-hydrogen) atoms. The van der Waals surface area contributed by atoms with Crippen LogP contribution in [0, 0.1) is 11.6 Å². The first-order valence-electron chi connectivity index (χ1n) is 7.94. The Hall–Kier alpha value is -2.64. The van der Waals surface area contributed by atoms with E-state index >= 15 is 0 Å². The number of benzene rings is 2. The van der Waals surface area contributed by atoms with Crippen molar-refractivity contribution in [3.63, 3.8) is 0 Å². The quantitative estimate of drug-likeness (QED) is 0.477. The minimum atomic E-state index is -0.663. The Balaban J connectivity index is 2.07. The summed E-state index contributed by atoms with van der Waals surface area (Å²) in [6, 6.07) is 13.4. The van der Waals surface area contributed by atoms with Crippen molar-refractivity contribution < 1.29 is 13.5 Å². The van der Waals surface area contributed by atoms with Gasteiger partial charge < -0.3 is 4.74 Å². The Morgan fingerprint density at radius 2 is 1.81 bits per heavy atom. The molecule has 0 spiro atoms. The van der Waals surface area contributed by atoms with Crippen molar-refractivity contribution in [2.75, 3.05) is 20.3 Å². The fourth-order valence-electron chi connectivity index (χ4n) is 2.31. The lowest BCUT2D eigenvalue weighted by Gasteiger charge is -2.04. The van der Waals surface area contributed by atoms with E-state index in [0.29, 0.717) is 18.0 Å². The average molecular weight is 373 g/mol. The van der Waals surface area contributed by atoms with Gasteiger partial charge in [-0.1, -0.05) is 36.4 Å². The van der Waals surface area contributed by atoms with Crippen molar-refractivity contribution in [1.29, 1.82) is 0 Å². The van der Waals surface area contributed by atoms with E-state index in [1.54, 1.807) is 11.8 Å². The first-order valence-corrected chi connectivity index (χ1v) is 8.82. The molecule has 0 fully saturated rings. The summed E-state index contributed by atoms with van der Waals surface area (Å²) in [5.41, 5.74) is 1.54. The van der Waals surface area contributed by atoms with Crippen molar-refractivity contribution >= 4 is 17.6 Å². The van der Waals surface area contributed by atoms with Crippen LogP contribution in [0.25, 0.3) is 11.3 Å². The molecule has 0 aliphatic carbocycles. The first-order chi connectivity index (χ1) is 12.7. The summed E-state index contributed by atoms with van der Waals surface area (Å²) in [7, 11) is 1.60. The van der Waals surface area contributed by atoms with E-state index in [2.05, 4.69) is 10.1 Å². The molecule has 3 aromatic rings. The molecule has 3 rings (SSSR count). The normalized spacial score (nSPS) is 12.2. The zero-order valence-electron chi connectivity index (χ0n) is 14.1. The van der Waals surface area contributed by atoms with Crippen LogP contribution in [0.2, 0.25) is 0 Å². The van der Waals surface area contributed by atoms with Crippen molar-refractivity contribution in [3.8, 4) is 11.3 Å². The lowest BCUT2D eigenvalue weighted by molar-refractivity contribution is 0.207. The number of aromatic nitrogens is 1. The fourth-order valence-corrected chi connectivity index (χ4v) is 3.17. The first kappa shape index (κ1) is 18.2. The molecule has 2 aromatic carbocycles. The van der Waals surface area contributed by atoms with Crippen molar-refractivity contribution in [1.82, 2.24) is 4.68 Å². The number of halogens is 2. The molecule has 0 unspecified atom stereocenters. The van der Waals surface area contributed by atoms with E-state index in [4.69, 9.17) is 4.74 Å². The highest BCUT2D eigenvalue weighted by Gasteiger charge is 2.09. The second-order valence-electron chi connectivity index (χ2n) is 5.34. The molecule has 0 aliphatic rings. The van der Waals surface area contributed by atoms with Crippen molar-refractivity contribution in [2.24, 2.45) is 10.1 Å². The number of ether oxygens (including phenoxy) is 1. The van der Waals surface area contributed by atoms with E-state index in [1.807, 2.05) is 35.7 Å². The molecule has 0 atom stereocenters. The lowest BCUT2D eigenvalue weighted by atomic mass is 10.2. The monoisotopic (exact) mass is 373 g/mol. The summed E-state index contributed by atoms with van der Waals surface area (Å²) in [5, 5.41) is 6.21. The van der Waals surface area contributed by atoms with Gasteiger partial charge in [-0.05, 0) is 12.1 Å². The van der Waals surface area contributed by atoms with E-state index < -0.39 is 11.6 Å². The third-order valence-electron chi connectivity index (χ3n) is 3.60. The van der Waals surface area contributed by atoms with Gasteiger partial charge in [0.2, 0.25) is 4.80 Å². The van der Waals surface area contributed by atoms with Gasteiger partial charge in [-0.3, -0.25) is 4.99 Å². The van der Waals surface area contributed by atoms with Crippen molar-refractivity contribution in [2.45, 2.75) is 0 Å². The minimum Gasteiger partial charge on any atom is -0.383 e. The van der Waals surface area contributed by atoms with E-state index in [-0.39, 0.29) is 5.56 Å². The van der Waals surface area contributed by atoms with Gasteiger partial charge in [0.25, 0.3) is 0 Å². The molecule has 0 N–H and O–H groups in total. The Bertz CT molecular complexity index is 944. The average Bonchev–Trinajstić information content (AvgIpc) is 3.05. The third kappa shape index (κ3) is 4.12. The summed E-state index contributed by atoms with van der Waals surface area (Å²) in [6.45, 7) is 0.944. The third-order valence-corrected chi connectivity index (χ3v) is 4.45. The number of rotatable bonds is 6. The second-order valence-corrected chi connectivity index (χ2v) is 6.17. The smallest absolute Gasteiger partial charge is 0.206 e. The Morgan fingerprint density at radius 1 is 1.08 bits per heavy atom. The van der Waals surface area contributed by atoms with E-state index in [0.717, 1.165) is 11.3 Å². The zero-order valence-corrected chi connectivity index (χ0v) is 14.9. The molecule has 0 aliphatic heterocycles. The van der Waals surface area contributed by atoms with Gasteiger partial charge in [0.1, 0.15) is 11.6 Å². The molecule has 4 nitrogen and oxygen atoms in total. The van der Waals surface area contributed by atoms with E-state index in [9.17, 15) is 8.78 Å². The van der Waals surface area contributed by atoms with Crippen LogP contribution in [0.5, 0.6) is 0 Å². The Morgan fingerprint density at radius 3 is 2.50 bits per heavy atom. The SMILES string of the molecule is COCCN=c1scc(-c2ccccc2)n1N=Cc1c(F)cccc1F. The molecule has 0 saturated carbocycles. The summed E-state index contributed by atoms with van der Waals surface area (Å²) in [6.07, 6.45) is 1.18. The summed E-state index contributed by atoms with van der Waals surface area (Å²) < 4.78 is 34.4. The topological polar surface area (TPSA) is 38.9 Å². The maximum Gasteiger partial charge on any atom is 0.206 e. The number of thiazole rings is 1. The predicted molar refractivity (Wildman–Crippen MR) is 99.4 cm³/mol. The number of hydrogen-bond donors (Lipinski definition) is 0. The van der Waals surface area contributed by atoms with Crippen LogP contribution < -0.4 is 4.80 Å². The van der Waals surface area contributed by atoms with Gasteiger partial charge in [-0.15, -0.1) is 11.3 Å². The maximum atomic E-state index is 13.9. The molecule has 7 heteroatoms. The number of hydrogen-bond acceptors (Lipinski definition) is 4. The van der Waals surface area contributed by atoms with Crippen LogP contribution in [0.1, 0.15) is 5.56 Å². The summed E-state index contributed by atoms with van der Waals surface area (Å²) >= 11 is 1.40. The molecule has 0 saturated heterocycles. The lowest BCUT2D eigenvalue weighted by Crippen LogP contribution is -2.14. The van der Waals surface area contributed by atoms with Crippen LogP contribution >= 0.6 is 11.3 Å². The van der Waals surface area contributed by atoms with Gasteiger partial charge in [0.05, 0.1) is 30.6 Å². The van der Waals surface area contributed by atoms with Gasteiger partial charge in [-0.25, -0.2) is 13.5 Å². The van der Waals surface area contributed by atoms with Gasteiger partial charge in [-0.2, -0.15) is 5.10 Å². The summed E-state index contributed by atoms with van der Waals surface area (Å²) in [4.78, 5) is 5.07. The minimum absolute atomic E-state index is 0.187. The second kappa shape index (κ2) is 8.64. The maximum absolute atomic E-state index is 13.9. The highest BCUT2D eigenvalue weighted by molar-refractivity contribution is 7.07. The number of methoxy groups -OCH3 is 1. The fraction of sp³-hybridized carbons (Fsp3) is 0.158. The zero-order chi connectivity index (χ0) is 18.4. The highest BCUT2D eigenvalue weighted by atomic mass is 32.1. The van der Waals surface area contributed by atoms with Gasteiger partial charge >= 0.3 is 0 Å². The van der Waals surface area contributed by atoms with Gasteiger partial charge in [0, 0.05) is 18.1 Å². The number of nitrogens with zero attached hydrogens (tertiary/aromatic N) is 3. The van der Waals surface area contributed by atoms with Gasteiger partial charge in [0.15, 0.2) is 0 Å². The van der Waals surface area contributed by atoms with Crippen LogP contribution in [0.3, 0.4) is 0 Å². The standard InChI is InChI=1S/C19H17F2N3OS/c1-25-11-10-22-19-24(18(13-26-19)14-6-3-2-4-7-14)23-12-15-16(20)8-5-9-17(15)21/h2-9,12-13H,10-11H2,1H3. The van der Waals surface area contributed by atoms with Crippen LogP contribution in [0.4, 0.5) is 8.78 Å². The van der Waals surface area contributed by atoms with Crippen molar-refractivity contribution in [3.05, 3.63) is 75.9 Å². The van der Waals surface area contributed by atoms with Crippen LogP contribution in [-0.4, -0.2) is 31.2 Å². The van der Waals surface area contributed by atoms with E-state index in [1.165, 1.54) is 35.8 Å². The predicted octanol–water partition coefficient (Wildman–Crippen LogP) is 3.92. The highest BCUT2D eigenvalue weighted by Crippen LogP contribution is 2.20. The molecular formula is C19H17F2N3OS. The molecule has 1 aromatic heterocycles. The Labute approximate surface area is 153 Å². The largest absolute Gasteiger partial charge is 0.383 e. The molecule has 134 valence electrons. The molecule has 0 amide bonds. The Kier molecular flexibility index (Phi) is 6.04. The molecule has 0 bridgehead atoms.